The average molecular weight is 209 g/mol. The molecule has 14 heavy (non-hydrogen) atoms. The molecule has 0 aliphatic rings. The molecule has 0 heterocycles. The third-order valence-electron chi connectivity index (χ3n) is 1.69. The maximum atomic E-state index is 10.5. The Morgan fingerprint density at radius 3 is 2.79 bits per heavy atom. The Bertz CT molecular complexity index is 352. The Morgan fingerprint density at radius 2 is 2.29 bits per heavy atom. The molecule has 0 fully saturated rings. The van der Waals surface area contributed by atoms with Crippen LogP contribution in [0, 0.1) is 5.41 Å². The largest absolute Gasteiger partial charge is 0.313 e. The standard InChI is InChI=1S/C9H11N3OS/c1-12(11)8-3-2-7(5-13)4-9(8)14-6-10/h2-6,10H,11H2,1H3. The van der Waals surface area contributed by atoms with Crippen molar-refractivity contribution in [2.75, 3.05) is 12.1 Å². The highest BCUT2D eigenvalue weighted by Gasteiger charge is 2.05. The van der Waals surface area contributed by atoms with E-state index >= 15 is 0 Å². The van der Waals surface area contributed by atoms with Crippen LogP contribution in [-0.2, 0) is 0 Å². The predicted molar refractivity (Wildman–Crippen MR) is 59.1 cm³/mol. The van der Waals surface area contributed by atoms with Crippen molar-refractivity contribution in [3.8, 4) is 0 Å². The van der Waals surface area contributed by atoms with Crippen LogP contribution in [0.3, 0.4) is 0 Å². The molecule has 1 aromatic rings. The molecule has 0 unspecified atom stereocenters. The highest BCUT2D eigenvalue weighted by Crippen LogP contribution is 2.27. The predicted octanol–water partition coefficient (Wildman–Crippen LogP) is 1.51. The van der Waals surface area contributed by atoms with Crippen LogP contribution >= 0.6 is 11.8 Å². The van der Waals surface area contributed by atoms with Crippen LogP contribution in [-0.4, -0.2) is 18.9 Å². The van der Waals surface area contributed by atoms with Gasteiger partial charge in [-0.2, -0.15) is 0 Å². The molecule has 0 aliphatic heterocycles. The highest BCUT2D eigenvalue weighted by atomic mass is 32.2. The fourth-order valence-corrected chi connectivity index (χ4v) is 1.72. The summed E-state index contributed by atoms with van der Waals surface area (Å²) in [6.45, 7) is 0. The normalized spacial score (nSPS) is 9.57. The van der Waals surface area contributed by atoms with Crippen molar-refractivity contribution in [2.45, 2.75) is 4.90 Å². The minimum atomic E-state index is 0.583. The van der Waals surface area contributed by atoms with Crippen molar-refractivity contribution in [1.29, 1.82) is 5.41 Å². The van der Waals surface area contributed by atoms with Gasteiger partial charge in [0, 0.05) is 17.5 Å². The Kier molecular flexibility index (Phi) is 3.67. The molecule has 0 saturated carbocycles. The fraction of sp³-hybridized carbons (Fsp3) is 0.111. The van der Waals surface area contributed by atoms with Crippen molar-refractivity contribution in [1.82, 2.24) is 0 Å². The molecule has 0 bridgehead atoms. The summed E-state index contributed by atoms with van der Waals surface area (Å²) in [5.41, 5.74) is 2.58. The van der Waals surface area contributed by atoms with Gasteiger partial charge in [0.1, 0.15) is 6.29 Å². The quantitative estimate of drug-likeness (QED) is 0.197. The third-order valence-corrected chi connectivity index (χ3v) is 2.38. The lowest BCUT2D eigenvalue weighted by molar-refractivity contribution is 0.112. The van der Waals surface area contributed by atoms with Gasteiger partial charge in [-0.1, -0.05) is 11.8 Å². The maximum absolute atomic E-state index is 10.5. The lowest BCUT2D eigenvalue weighted by atomic mass is 10.2. The molecule has 0 radical (unpaired) electrons. The fourth-order valence-electron chi connectivity index (χ4n) is 1.05. The van der Waals surface area contributed by atoms with Gasteiger partial charge in [0.05, 0.1) is 11.2 Å². The molecule has 1 rings (SSSR count). The molecule has 0 atom stereocenters. The zero-order chi connectivity index (χ0) is 10.6. The summed E-state index contributed by atoms with van der Waals surface area (Å²) in [6, 6.07) is 5.16. The number of carbonyl (C=O) groups is 1. The van der Waals surface area contributed by atoms with Crippen molar-refractivity contribution in [3.05, 3.63) is 23.8 Å². The van der Waals surface area contributed by atoms with Crippen LogP contribution in [0.5, 0.6) is 0 Å². The lowest BCUT2D eigenvalue weighted by Crippen LogP contribution is -2.25. The Balaban J connectivity index is 3.15. The van der Waals surface area contributed by atoms with Gasteiger partial charge in [0.25, 0.3) is 0 Å². The number of benzene rings is 1. The first kappa shape index (κ1) is 10.7. The zero-order valence-corrected chi connectivity index (χ0v) is 8.54. The van der Waals surface area contributed by atoms with E-state index in [1.54, 1.807) is 25.2 Å². The topological polar surface area (TPSA) is 70.2 Å². The molecule has 3 N–H and O–H groups in total. The van der Waals surface area contributed by atoms with Gasteiger partial charge in [0.15, 0.2) is 0 Å². The van der Waals surface area contributed by atoms with Crippen molar-refractivity contribution in [3.63, 3.8) is 0 Å². The second kappa shape index (κ2) is 4.78. The zero-order valence-electron chi connectivity index (χ0n) is 7.73. The highest BCUT2D eigenvalue weighted by molar-refractivity contribution is 8.12. The van der Waals surface area contributed by atoms with Crippen molar-refractivity contribution < 1.29 is 4.79 Å². The summed E-state index contributed by atoms with van der Waals surface area (Å²) in [4.78, 5) is 11.3. The van der Waals surface area contributed by atoms with E-state index in [2.05, 4.69) is 0 Å². The van der Waals surface area contributed by atoms with Gasteiger partial charge in [-0.05, 0) is 18.2 Å². The van der Waals surface area contributed by atoms with Crippen LogP contribution in [0.2, 0.25) is 0 Å². The number of thioether (sulfide) groups is 1. The van der Waals surface area contributed by atoms with E-state index in [1.165, 1.54) is 22.3 Å². The number of rotatable bonds is 4. The summed E-state index contributed by atoms with van der Waals surface area (Å²) in [5, 5.41) is 8.45. The second-order valence-electron chi connectivity index (χ2n) is 2.69. The summed E-state index contributed by atoms with van der Waals surface area (Å²) < 4.78 is 0. The van der Waals surface area contributed by atoms with Crippen LogP contribution < -0.4 is 10.9 Å². The van der Waals surface area contributed by atoms with Gasteiger partial charge in [-0.3, -0.25) is 4.79 Å². The van der Waals surface area contributed by atoms with Gasteiger partial charge >= 0.3 is 0 Å². The van der Waals surface area contributed by atoms with Crippen LogP contribution in [0.25, 0.3) is 0 Å². The minimum absolute atomic E-state index is 0.583. The Labute approximate surface area is 86.6 Å². The van der Waals surface area contributed by atoms with Crippen LogP contribution in [0.4, 0.5) is 5.69 Å². The summed E-state index contributed by atoms with van der Waals surface area (Å²) in [5.74, 6) is 5.59. The first-order valence-electron chi connectivity index (χ1n) is 3.92. The van der Waals surface area contributed by atoms with E-state index in [0.717, 1.165) is 16.9 Å². The molecular formula is C9H11N3OS. The van der Waals surface area contributed by atoms with Crippen LogP contribution in [0.1, 0.15) is 10.4 Å². The van der Waals surface area contributed by atoms with E-state index in [-0.39, 0.29) is 0 Å². The average Bonchev–Trinajstić information content (AvgIpc) is 2.17. The summed E-state index contributed by atoms with van der Waals surface area (Å²) in [6.07, 6.45) is 0.772. The molecule has 5 heteroatoms. The molecule has 0 aromatic heterocycles. The molecule has 74 valence electrons. The van der Waals surface area contributed by atoms with E-state index in [9.17, 15) is 4.79 Å². The Morgan fingerprint density at radius 1 is 1.57 bits per heavy atom. The number of nitrogens with zero attached hydrogens (tertiary/aromatic N) is 1. The minimum Gasteiger partial charge on any atom is -0.313 e. The molecule has 0 amide bonds. The number of carbonyl (C=O) groups excluding carboxylic acids is 1. The first-order valence-corrected chi connectivity index (χ1v) is 4.80. The number of hydrogen-bond donors (Lipinski definition) is 2. The molecule has 1 aromatic carbocycles. The van der Waals surface area contributed by atoms with E-state index in [0.29, 0.717) is 5.56 Å². The van der Waals surface area contributed by atoms with Crippen molar-refractivity contribution >= 4 is 29.3 Å². The Hall–Kier alpha value is -1.33. The SMILES string of the molecule is CN(N)c1ccc(C=O)cc1SC=N. The number of hydrogen-bond acceptors (Lipinski definition) is 5. The van der Waals surface area contributed by atoms with Gasteiger partial charge in [-0.25, -0.2) is 5.84 Å². The molecule has 0 spiro atoms. The molecule has 0 aliphatic carbocycles. The number of nitrogens with two attached hydrogens (primary N) is 1. The van der Waals surface area contributed by atoms with Crippen molar-refractivity contribution in [2.24, 2.45) is 5.84 Å². The van der Waals surface area contributed by atoms with Gasteiger partial charge in [-0.15, -0.1) is 0 Å². The van der Waals surface area contributed by atoms with Crippen LogP contribution in [0.15, 0.2) is 23.1 Å². The van der Waals surface area contributed by atoms with Gasteiger partial charge in [0.2, 0.25) is 0 Å². The van der Waals surface area contributed by atoms with E-state index in [4.69, 9.17) is 11.3 Å². The second-order valence-corrected chi connectivity index (χ2v) is 3.60. The lowest BCUT2D eigenvalue weighted by Gasteiger charge is -2.15. The smallest absolute Gasteiger partial charge is 0.150 e. The number of nitrogens with one attached hydrogen (secondary N) is 1. The third kappa shape index (κ3) is 2.34. The molecule has 4 nitrogen and oxygen atoms in total. The monoisotopic (exact) mass is 209 g/mol. The first-order chi connectivity index (χ1) is 6.69. The van der Waals surface area contributed by atoms with E-state index in [1.807, 2.05) is 0 Å². The number of aldehydes is 1. The van der Waals surface area contributed by atoms with E-state index < -0.39 is 0 Å². The molecular weight excluding hydrogens is 198 g/mol. The number of hydrazine groups is 1. The molecule has 0 saturated heterocycles. The summed E-state index contributed by atoms with van der Waals surface area (Å²) >= 11 is 1.22. The maximum Gasteiger partial charge on any atom is 0.150 e. The number of anilines is 1. The summed E-state index contributed by atoms with van der Waals surface area (Å²) in [7, 11) is 1.71. The van der Waals surface area contributed by atoms with Gasteiger partial charge < -0.3 is 10.4 Å².